The summed E-state index contributed by atoms with van der Waals surface area (Å²) in [5.74, 6) is 1.71. The highest BCUT2D eigenvalue weighted by Gasteiger charge is 2.44. The van der Waals surface area contributed by atoms with Crippen molar-refractivity contribution in [3.63, 3.8) is 0 Å². The van der Waals surface area contributed by atoms with Crippen molar-refractivity contribution in [3.05, 3.63) is 54.6 Å². The molecule has 0 amide bonds. The van der Waals surface area contributed by atoms with Crippen molar-refractivity contribution < 1.29 is 9.53 Å². The van der Waals surface area contributed by atoms with Crippen LogP contribution >= 0.6 is 0 Å². The van der Waals surface area contributed by atoms with Gasteiger partial charge in [-0.1, -0.05) is 81.1 Å². The first-order chi connectivity index (χ1) is 15.6. The maximum absolute atomic E-state index is 13.0. The lowest BCUT2D eigenvalue weighted by Gasteiger charge is -2.43. The number of ether oxygens (including phenoxy) is 1. The van der Waals surface area contributed by atoms with E-state index in [-0.39, 0.29) is 17.3 Å². The minimum atomic E-state index is -0.240. The zero-order chi connectivity index (χ0) is 22.4. The number of carbonyl (C=O) groups is 1. The van der Waals surface area contributed by atoms with E-state index in [0.29, 0.717) is 11.7 Å². The van der Waals surface area contributed by atoms with Crippen molar-refractivity contribution in [1.29, 1.82) is 5.26 Å². The molecule has 3 heteroatoms. The topological polar surface area (TPSA) is 50.1 Å². The van der Waals surface area contributed by atoms with Gasteiger partial charge >= 0.3 is 5.97 Å². The fourth-order valence-corrected chi connectivity index (χ4v) is 6.00. The Balaban J connectivity index is 1.38. The van der Waals surface area contributed by atoms with Gasteiger partial charge in [-0.05, 0) is 62.0 Å². The molecular weight excluding hydrogens is 394 g/mol. The van der Waals surface area contributed by atoms with E-state index in [4.69, 9.17) is 4.74 Å². The largest absolute Gasteiger partial charge is 0.426 e. The molecule has 2 aromatic carbocycles. The molecule has 0 aliphatic heterocycles. The Morgan fingerprint density at radius 1 is 0.969 bits per heavy atom. The summed E-state index contributed by atoms with van der Waals surface area (Å²) < 4.78 is 5.91. The van der Waals surface area contributed by atoms with Gasteiger partial charge in [-0.2, -0.15) is 5.26 Å². The lowest BCUT2D eigenvalue weighted by molar-refractivity contribution is -0.140. The number of hydrogen-bond acceptors (Lipinski definition) is 3. The van der Waals surface area contributed by atoms with Crippen molar-refractivity contribution >= 4 is 5.97 Å². The summed E-state index contributed by atoms with van der Waals surface area (Å²) in [7, 11) is 0. The van der Waals surface area contributed by atoms with Crippen LogP contribution in [0.1, 0.15) is 71.1 Å². The van der Waals surface area contributed by atoms with Crippen molar-refractivity contribution in [2.45, 2.75) is 71.1 Å². The summed E-state index contributed by atoms with van der Waals surface area (Å²) in [5, 5.41) is 10.1. The lowest BCUT2D eigenvalue weighted by atomic mass is 9.60. The fourth-order valence-electron chi connectivity index (χ4n) is 6.00. The zero-order valence-corrected chi connectivity index (χ0v) is 19.3. The van der Waals surface area contributed by atoms with Gasteiger partial charge in [-0.25, -0.2) is 0 Å². The van der Waals surface area contributed by atoms with E-state index < -0.39 is 0 Å². The first-order valence-electron chi connectivity index (χ1n) is 12.4. The Morgan fingerprint density at radius 3 is 2.28 bits per heavy atom. The number of nitriles is 1. The maximum Gasteiger partial charge on any atom is 0.314 e. The molecule has 168 valence electrons. The number of rotatable bonds is 6. The molecule has 2 saturated carbocycles. The highest BCUT2D eigenvalue weighted by atomic mass is 16.5. The number of nitrogens with zero attached hydrogens (tertiary/aromatic N) is 1. The zero-order valence-electron chi connectivity index (χ0n) is 19.3. The average molecular weight is 430 g/mol. The summed E-state index contributed by atoms with van der Waals surface area (Å²) in [6.07, 6.45) is 10.6. The molecule has 2 aliphatic rings. The third-order valence-corrected chi connectivity index (χ3v) is 7.94. The highest BCUT2D eigenvalue weighted by molar-refractivity contribution is 5.79. The molecule has 2 aromatic rings. The molecule has 3 nitrogen and oxygen atoms in total. The predicted octanol–water partition coefficient (Wildman–Crippen LogP) is 7.57. The molecule has 0 bridgehead atoms. The maximum atomic E-state index is 13.0. The van der Waals surface area contributed by atoms with Gasteiger partial charge in [0, 0.05) is 5.56 Å². The van der Waals surface area contributed by atoms with E-state index in [1.807, 2.05) is 54.6 Å². The van der Waals surface area contributed by atoms with Crippen LogP contribution in [-0.4, -0.2) is 5.97 Å². The molecule has 0 saturated heterocycles. The first-order valence-corrected chi connectivity index (χ1v) is 12.4. The quantitative estimate of drug-likeness (QED) is 0.351. The van der Waals surface area contributed by atoms with Gasteiger partial charge in [0.2, 0.25) is 0 Å². The van der Waals surface area contributed by atoms with Gasteiger partial charge in [-0.3, -0.25) is 4.79 Å². The van der Waals surface area contributed by atoms with Crippen molar-refractivity contribution in [3.8, 4) is 22.9 Å². The second-order valence-electron chi connectivity index (χ2n) is 9.83. The van der Waals surface area contributed by atoms with Crippen LogP contribution < -0.4 is 4.74 Å². The second-order valence-corrected chi connectivity index (χ2v) is 9.83. The molecule has 2 aliphatic carbocycles. The van der Waals surface area contributed by atoms with E-state index in [1.54, 1.807) is 0 Å². The first kappa shape index (κ1) is 22.6. The minimum absolute atomic E-state index is 0.114. The van der Waals surface area contributed by atoms with Gasteiger partial charge in [-0.15, -0.1) is 0 Å². The monoisotopic (exact) mass is 429 g/mol. The second kappa shape index (κ2) is 10.3. The van der Waals surface area contributed by atoms with E-state index in [0.717, 1.165) is 42.7 Å². The number of carbonyl (C=O) groups excluding carboxylic acids is 1. The predicted molar refractivity (Wildman–Crippen MR) is 128 cm³/mol. The molecule has 0 spiro atoms. The molecular formula is C29H35NO2. The van der Waals surface area contributed by atoms with Crippen LogP contribution in [0.2, 0.25) is 0 Å². The van der Waals surface area contributed by atoms with Gasteiger partial charge in [0.1, 0.15) is 5.75 Å². The fraction of sp³-hybridized carbons (Fsp3) is 0.517. The number of para-hydroxylation sites is 1. The van der Waals surface area contributed by atoms with E-state index in [1.165, 1.54) is 38.5 Å². The summed E-state index contributed by atoms with van der Waals surface area (Å²) in [6, 6.07) is 20.5. The van der Waals surface area contributed by atoms with Gasteiger partial charge in [0.05, 0.1) is 17.4 Å². The Kier molecular flexibility index (Phi) is 7.30. The van der Waals surface area contributed by atoms with E-state index in [2.05, 4.69) is 13.0 Å². The Labute approximate surface area is 192 Å². The van der Waals surface area contributed by atoms with Crippen LogP contribution in [0.4, 0.5) is 0 Å². The lowest BCUT2D eigenvalue weighted by Crippen LogP contribution is -2.38. The third-order valence-electron chi connectivity index (χ3n) is 7.94. The van der Waals surface area contributed by atoms with Crippen LogP contribution in [0, 0.1) is 34.5 Å². The smallest absolute Gasteiger partial charge is 0.314 e. The van der Waals surface area contributed by atoms with Crippen molar-refractivity contribution in [2.75, 3.05) is 0 Å². The van der Waals surface area contributed by atoms with Gasteiger partial charge in [0.15, 0.2) is 0 Å². The van der Waals surface area contributed by atoms with Gasteiger partial charge in [0.25, 0.3) is 0 Å². The standard InChI is InChI=1S/C29H35NO2/c1-2-8-22-13-15-25(16-14-22)29(21-30)19-17-24(18-20-29)28(31)32-27-12-7-6-11-26(27)23-9-4-3-5-10-23/h3-7,9-12,22,24-25H,2,8,13-20H2,1H3. The van der Waals surface area contributed by atoms with Gasteiger partial charge < -0.3 is 4.74 Å². The molecule has 2 fully saturated rings. The molecule has 0 N–H and O–H groups in total. The molecule has 0 unspecified atom stereocenters. The summed E-state index contributed by atoms with van der Waals surface area (Å²) >= 11 is 0. The van der Waals surface area contributed by atoms with E-state index in [9.17, 15) is 10.1 Å². The molecule has 0 aromatic heterocycles. The van der Waals surface area contributed by atoms with Crippen LogP contribution in [0.3, 0.4) is 0 Å². The van der Waals surface area contributed by atoms with Crippen LogP contribution in [0.5, 0.6) is 5.75 Å². The van der Waals surface area contributed by atoms with Crippen molar-refractivity contribution in [1.82, 2.24) is 0 Å². The molecule has 0 radical (unpaired) electrons. The Morgan fingerprint density at radius 2 is 1.62 bits per heavy atom. The minimum Gasteiger partial charge on any atom is -0.426 e. The highest BCUT2D eigenvalue weighted by Crippen LogP contribution is 2.50. The summed E-state index contributed by atoms with van der Waals surface area (Å²) in [5.41, 5.74) is 1.74. The molecule has 32 heavy (non-hydrogen) atoms. The molecule has 4 rings (SSSR count). The molecule has 0 atom stereocenters. The Bertz CT molecular complexity index is 929. The average Bonchev–Trinajstić information content (AvgIpc) is 2.85. The number of esters is 1. The number of hydrogen-bond donors (Lipinski definition) is 0. The van der Waals surface area contributed by atoms with Crippen LogP contribution in [0.15, 0.2) is 54.6 Å². The van der Waals surface area contributed by atoms with Crippen LogP contribution in [0.25, 0.3) is 11.1 Å². The SMILES string of the molecule is CCCC1CCC(C2(C#N)CCC(C(=O)Oc3ccccc3-c3ccccc3)CC2)CC1. The molecule has 0 heterocycles. The summed E-state index contributed by atoms with van der Waals surface area (Å²) in [4.78, 5) is 13.0. The normalized spacial score (nSPS) is 27.9. The van der Waals surface area contributed by atoms with E-state index >= 15 is 0 Å². The Hall–Kier alpha value is -2.60. The third kappa shape index (κ3) is 4.90. The number of benzene rings is 2. The van der Waals surface area contributed by atoms with Crippen molar-refractivity contribution in [2.24, 2.45) is 23.2 Å². The van der Waals surface area contributed by atoms with Crippen LogP contribution in [-0.2, 0) is 4.79 Å². The summed E-state index contributed by atoms with van der Waals surface area (Å²) in [6.45, 7) is 2.27.